The number of esters is 1. The van der Waals surface area contributed by atoms with Gasteiger partial charge in [-0.25, -0.2) is 19.8 Å². The number of amidine groups is 2. The van der Waals surface area contributed by atoms with Crippen LogP contribution in [0.1, 0.15) is 40.1 Å². The van der Waals surface area contributed by atoms with Gasteiger partial charge in [-0.3, -0.25) is 0 Å². The summed E-state index contributed by atoms with van der Waals surface area (Å²) in [6.07, 6.45) is 1.74. The highest BCUT2D eigenvalue weighted by Gasteiger charge is 2.41. The van der Waals surface area contributed by atoms with Crippen molar-refractivity contribution in [1.82, 2.24) is 14.8 Å². The molecule has 10 nitrogen and oxygen atoms in total. The molecule has 5 aromatic rings. The molecular formula is C34H29N7O3. The number of hydrogen-bond donors (Lipinski definition) is 1. The van der Waals surface area contributed by atoms with E-state index in [9.17, 15) is 4.79 Å². The molecule has 0 saturated heterocycles. The van der Waals surface area contributed by atoms with Crippen LogP contribution in [0.25, 0.3) is 5.82 Å². The second-order valence-electron chi connectivity index (χ2n) is 10.3. The monoisotopic (exact) mass is 583 g/mol. The zero-order chi connectivity index (χ0) is 30.2. The van der Waals surface area contributed by atoms with Crippen LogP contribution in [0.5, 0.6) is 5.75 Å². The number of aryl methyl sites for hydroxylation is 1. The molecule has 0 aliphatic carbocycles. The van der Waals surface area contributed by atoms with E-state index in [1.54, 1.807) is 23.0 Å². The molecule has 1 atom stereocenters. The number of nitrogens with zero attached hydrogens (tertiary/aromatic N) is 6. The van der Waals surface area contributed by atoms with Crippen molar-refractivity contribution in [3.05, 3.63) is 120 Å². The standard InChI is InChI=1S/C34H29N7O3/c1-4-44-25-18-16-24(17-19-25)36-31-33-38-32-29(21(2)39-41(32)28-11-7-8-20-35-28)30(22-12-14-23(15-13-22)34(42)43-3)40(33)27-10-6-5-9-26(27)37-31/h5-20,30H,4H2,1-3H3,(H,36,37). The van der Waals surface area contributed by atoms with Crippen molar-refractivity contribution < 1.29 is 14.3 Å². The Hall–Kier alpha value is -5.77. The Labute approximate surface area is 254 Å². The Bertz CT molecular complexity index is 1910. The number of aromatic nitrogens is 3. The molecule has 1 unspecified atom stereocenters. The summed E-state index contributed by atoms with van der Waals surface area (Å²) in [6.45, 7) is 4.54. The van der Waals surface area contributed by atoms with Crippen LogP contribution in [-0.4, -0.2) is 46.1 Å². The molecule has 2 aliphatic rings. The number of carbonyl (C=O) groups is 1. The van der Waals surface area contributed by atoms with Crippen LogP contribution < -0.4 is 15.0 Å². The number of rotatable bonds is 6. The fraction of sp³-hybridized carbons (Fsp3) is 0.147. The Balaban J connectivity index is 1.43. The largest absolute Gasteiger partial charge is 0.494 e. The average Bonchev–Trinajstić information content (AvgIpc) is 3.40. The zero-order valence-corrected chi connectivity index (χ0v) is 24.4. The predicted molar refractivity (Wildman–Crippen MR) is 170 cm³/mol. The number of aliphatic imine (C=N–C) groups is 2. The lowest BCUT2D eigenvalue weighted by Crippen LogP contribution is -2.46. The summed E-state index contributed by atoms with van der Waals surface area (Å²) in [5.74, 6) is 2.93. The molecule has 0 amide bonds. The molecule has 2 aromatic heterocycles. The number of hydrogen-bond acceptors (Lipinski definition) is 9. The molecular weight excluding hydrogens is 554 g/mol. The third kappa shape index (κ3) is 4.66. The van der Waals surface area contributed by atoms with Crippen molar-refractivity contribution in [2.45, 2.75) is 19.9 Å². The Kier molecular flexibility index (Phi) is 6.86. The highest BCUT2D eigenvalue weighted by Crippen LogP contribution is 2.48. The summed E-state index contributed by atoms with van der Waals surface area (Å²) in [6, 6.07) is 28.6. The van der Waals surface area contributed by atoms with Gasteiger partial charge >= 0.3 is 5.97 Å². The highest BCUT2D eigenvalue weighted by atomic mass is 16.5. The van der Waals surface area contributed by atoms with Crippen LogP contribution >= 0.6 is 0 Å². The van der Waals surface area contributed by atoms with Gasteiger partial charge in [-0.15, -0.1) is 0 Å². The molecule has 7 rings (SSSR count). The van der Waals surface area contributed by atoms with Gasteiger partial charge in [-0.05, 0) is 80.1 Å². The van der Waals surface area contributed by atoms with Gasteiger partial charge in [0.15, 0.2) is 23.3 Å². The highest BCUT2D eigenvalue weighted by molar-refractivity contribution is 6.51. The summed E-state index contributed by atoms with van der Waals surface area (Å²) in [5, 5.41) is 8.43. The number of fused-ring (bicyclic) bond motifs is 4. The van der Waals surface area contributed by atoms with Gasteiger partial charge in [0.25, 0.3) is 0 Å². The van der Waals surface area contributed by atoms with Gasteiger partial charge in [0.2, 0.25) is 0 Å². The summed E-state index contributed by atoms with van der Waals surface area (Å²) >= 11 is 0. The first-order valence-corrected chi connectivity index (χ1v) is 14.3. The normalized spacial score (nSPS) is 14.9. The van der Waals surface area contributed by atoms with Gasteiger partial charge in [0.05, 0.1) is 42.4 Å². The maximum atomic E-state index is 12.3. The number of methoxy groups -OCH3 is 1. The molecule has 218 valence electrons. The van der Waals surface area contributed by atoms with E-state index in [1.165, 1.54) is 7.11 Å². The number of carbonyl (C=O) groups excluding carboxylic acids is 1. The minimum atomic E-state index is -0.389. The summed E-state index contributed by atoms with van der Waals surface area (Å²) in [4.78, 5) is 29.3. The van der Waals surface area contributed by atoms with Crippen molar-refractivity contribution >= 4 is 40.5 Å². The molecule has 2 aliphatic heterocycles. The smallest absolute Gasteiger partial charge is 0.337 e. The number of pyridine rings is 1. The number of benzene rings is 3. The molecule has 0 bridgehead atoms. The lowest BCUT2D eigenvalue weighted by Gasteiger charge is -2.40. The number of ether oxygens (including phenoxy) is 2. The lowest BCUT2D eigenvalue weighted by atomic mass is 9.92. The van der Waals surface area contributed by atoms with Gasteiger partial charge in [-0.2, -0.15) is 9.78 Å². The van der Waals surface area contributed by atoms with Gasteiger partial charge in [0.1, 0.15) is 5.75 Å². The van der Waals surface area contributed by atoms with E-state index in [1.807, 2.05) is 92.7 Å². The lowest BCUT2D eigenvalue weighted by molar-refractivity contribution is 0.0600. The van der Waals surface area contributed by atoms with Crippen molar-refractivity contribution in [1.29, 1.82) is 0 Å². The minimum absolute atomic E-state index is 0.338. The van der Waals surface area contributed by atoms with E-state index in [0.29, 0.717) is 35.5 Å². The fourth-order valence-electron chi connectivity index (χ4n) is 5.61. The van der Waals surface area contributed by atoms with Crippen LogP contribution in [0.2, 0.25) is 0 Å². The zero-order valence-electron chi connectivity index (χ0n) is 24.4. The van der Waals surface area contributed by atoms with E-state index in [4.69, 9.17) is 24.6 Å². The number of nitrogens with one attached hydrogen (secondary N) is 1. The molecule has 0 radical (unpaired) electrons. The third-order valence-corrected chi connectivity index (χ3v) is 7.58. The number of para-hydroxylation sites is 2. The first-order valence-electron chi connectivity index (χ1n) is 14.3. The van der Waals surface area contributed by atoms with Crippen LogP contribution in [-0.2, 0) is 4.74 Å². The average molecular weight is 584 g/mol. The molecule has 0 fully saturated rings. The predicted octanol–water partition coefficient (Wildman–Crippen LogP) is 6.56. The second-order valence-corrected chi connectivity index (χ2v) is 10.3. The van der Waals surface area contributed by atoms with Crippen LogP contribution in [0.3, 0.4) is 0 Å². The van der Waals surface area contributed by atoms with Crippen molar-refractivity contribution in [3.63, 3.8) is 0 Å². The second kappa shape index (κ2) is 11.1. The molecule has 1 N–H and O–H groups in total. The van der Waals surface area contributed by atoms with Crippen molar-refractivity contribution in [2.75, 3.05) is 23.9 Å². The molecule has 0 spiro atoms. The van der Waals surface area contributed by atoms with Gasteiger partial charge < -0.3 is 19.7 Å². The van der Waals surface area contributed by atoms with Crippen LogP contribution in [0, 0.1) is 6.92 Å². The SMILES string of the molecule is CCOc1ccc(NC2=Nc3ccccc3N3C2=Nc2c(c(C)nn2-c2ccccn2)C3c2ccc(C(=O)OC)cc2)cc1. The molecule has 3 aromatic carbocycles. The number of anilines is 2. The molecule has 10 heteroatoms. The summed E-state index contributed by atoms with van der Waals surface area (Å²) in [7, 11) is 1.38. The Morgan fingerprint density at radius 1 is 0.932 bits per heavy atom. The van der Waals surface area contributed by atoms with E-state index in [0.717, 1.165) is 39.6 Å². The van der Waals surface area contributed by atoms with E-state index >= 15 is 0 Å². The van der Waals surface area contributed by atoms with Crippen molar-refractivity contribution in [3.8, 4) is 11.6 Å². The van der Waals surface area contributed by atoms with Crippen molar-refractivity contribution in [2.24, 2.45) is 9.98 Å². The van der Waals surface area contributed by atoms with Crippen LogP contribution in [0.15, 0.2) is 107 Å². The van der Waals surface area contributed by atoms with Gasteiger partial charge in [0, 0.05) is 17.4 Å². The minimum Gasteiger partial charge on any atom is -0.494 e. The fourth-order valence-corrected chi connectivity index (χ4v) is 5.61. The Morgan fingerprint density at radius 2 is 1.70 bits per heavy atom. The summed E-state index contributed by atoms with van der Waals surface area (Å²) < 4.78 is 12.4. The van der Waals surface area contributed by atoms with Gasteiger partial charge in [-0.1, -0.05) is 30.3 Å². The first-order chi connectivity index (χ1) is 21.6. The van der Waals surface area contributed by atoms with Crippen LogP contribution in [0.4, 0.5) is 22.9 Å². The molecule has 4 heterocycles. The third-order valence-electron chi connectivity index (χ3n) is 7.58. The first kappa shape index (κ1) is 27.1. The van der Waals surface area contributed by atoms with E-state index < -0.39 is 0 Å². The Morgan fingerprint density at radius 3 is 2.43 bits per heavy atom. The van der Waals surface area contributed by atoms with E-state index in [-0.39, 0.29) is 12.0 Å². The molecule has 0 saturated carbocycles. The maximum Gasteiger partial charge on any atom is 0.337 e. The summed E-state index contributed by atoms with van der Waals surface area (Å²) in [5.41, 5.74) is 5.72. The quantitative estimate of drug-likeness (QED) is 0.226. The molecule has 44 heavy (non-hydrogen) atoms. The maximum absolute atomic E-state index is 12.3. The topological polar surface area (TPSA) is 106 Å². The van der Waals surface area contributed by atoms with E-state index in [2.05, 4.69) is 15.2 Å².